The molecule has 0 aliphatic carbocycles. The Morgan fingerprint density at radius 1 is 1.33 bits per heavy atom. The maximum atomic E-state index is 11.5. The first-order chi connectivity index (χ1) is 10.1. The molecular formula is C13H15N3O5. The topological polar surface area (TPSA) is 111 Å². The van der Waals surface area contributed by atoms with Gasteiger partial charge in [0.15, 0.2) is 0 Å². The Labute approximate surface area is 120 Å². The molecule has 1 aromatic rings. The highest BCUT2D eigenvalue weighted by molar-refractivity contribution is 5.98. The van der Waals surface area contributed by atoms with E-state index >= 15 is 0 Å². The van der Waals surface area contributed by atoms with Gasteiger partial charge in [-0.05, 0) is 18.2 Å². The van der Waals surface area contributed by atoms with Crippen LogP contribution in [-0.4, -0.2) is 49.0 Å². The quantitative estimate of drug-likeness (QED) is 0.313. The second-order valence-corrected chi connectivity index (χ2v) is 4.28. The van der Waals surface area contributed by atoms with E-state index in [2.05, 4.69) is 0 Å². The zero-order valence-corrected chi connectivity index (χ0v) is 11.2. The number of carbonyl (C=O) groups is 3. The molecule has 0 saturated carbocycles. The lowest BCUT2D eigenvalue weighted by atomic mass is 10.2. The number of nitrogens with zero attached hydrogens (tertiary/aromatic N) is 1. The van der Waals surface area contributed by atoms with Crippen molar-refractivity contribution in [3.05, 3.63) is 29.8 Å². The van der Waals surface area contributed by atoms with Crippen LogP contribution in [-0.2, 0) is 14.3 Å². The SMILES string of the molecule is NNC(=O)c1cccc(OCCN2C(=O)COCC2=O)c1. The molecule has 3 N–H and O–H groups in total. The molecule has 1 saturated heterocycles. The molecule has 1 fully saturated rings. The van der Waals surface area contributed by atoms with Gasteiger partial charge in [-0.2, -0.15) is 0 Å². The third-order valence-corrected chi connectivity index (χ3v) is 2.86. The average Bonchev–Trinajstić information content (AvgIpc) is 2.50. The minimum absolute atomic E-state index is 0.0993. The minimum atomic E-state index is -0.431. The van der Waals surface area contributed by atoms with Gasteiger partial charge in [0.25, 0.3) is 17.7 Å². The van der Waals surface area contributed by atoms with Crippen LogP contribution in [0.3, 0.4) is 0 Å². The van der Waals surface area contributed by atoms with E-state index in [1.165, 1.54) is 6.07 Å². The van der Waals surface area contributed by atoms with Crippen molar-refractivity contribution in [1.29, 1.82) is 0 Å². The van der Waals surface area contributed by atoms with Gasteiger partial charge in [-0.1, -0.05) is 6.07 Å². The summed E-state index contributed by atoms with van der Waals surface area (Å²) >= 11 is 0. The number of imide groups is 1. The van der Waals surface area contributed by atoms with Gasteiger partial charge >= 0.3 is 0 Å². The van der Waals surface area contributed by atoms with Crippen LogP contribution in [0.2, 0.25) is 0 Å². The van der Waals surface area contributed by atoms with E-state index in [0.717, 1.165) is 4.90 Å². The molecule has 0 spiro atoms. The molecule has 0 radical (unpaired) electrons. The molecule has 112 valence electrons. The number of nitrogen functional groups attached to an aromatic ring is 1. The van der Waals surface area contributed by atoms with Gasteiger partial charge in [-0.3, -0.25) is 24.7 Å². The van der Waals surface area contributed by atoms with Crippen molar-refractivity contribution in [2.45, 2.75) is 0 Å². The summed E-state index contributed by atoms with van der Waals surface area (Å²) in [5.41, 5.74) is 2.38. The summed E-state index contributed by atoms with van der Waals surface area (Å²) in [6.45, 7) is 0.0648. The lowest BCUT2D eigenvalue weighted by Gasteiger charge is -2.24. The van der Waals surface area contributed by atoms with Crippen LogP contribution in [0.4, 0.5) is 0 Å². The Morgan fingerprint density at radius 3 is 2.71 bits per heavy atom. The van der Waals surface area contributed by atoms with Crippen LogP contribution in [0.15, 0.2) is 24.3 Å². The van der Waals surface area contributed by atoms with E-state index in [1.807, 2.05) is 5.43 Å². The van der Waals surface area contributed by atoms with Gasteiger partial charge in [0.1, 0.15) is 25.6 Å². The van der Waals surface area contributed by atoms with Crippen molar-refractivity contribution < 1.29 is 23.9 Å². The Kier molecular flexibility index (Phi) is 4.85. The molecule has 0 aromatic heterocycles. The monoisotopic (exact) mass is 293 g/mol. The van der Waals surface area contributed by atoms with E-state index in [4.69, 9.17) is 15.3 Å². The number of hydrazine groups is 1. The number of nitrogens with one attached hydrogen (secondary N) is 1. The predicted molar refractivity (Wildman–Crippen MR) is 71.1 cm³/mol. The first-order valence-electron chi connectivity index (χ1n) is 6.26. The highest BCUT2D eigenvalue weighted by Gasteiger charge is 2.26. The average molecular weight is 293 g/mol. The van der Waals surface area contributed by atoms with E-state index in [-0.39, 0.29) is 38.2 Å². The first kappa shape index (κ1) is 14.9. The van der Waals surface area contributed by atoms with E-state index in [9.17, 15) is 14.4 Å². The second-order valence-electron chi connectivity index (χ2n) is 4.28. The zero-order valence-electron chi connectivity index (χ0n) is 11.2. The summed E-state index contributed by atoms with van der Waals surface area (Å²) in [5.74, 6) is 4.30. The summed E-state index contributed by atoms with van der Waals surface area (Å²) in [5, 5.41) is 0. The smallest absolute Gasteiger partial charge is 0.265 e. The van der Waals surface area contributed by atoms with Crippen LogP contribution < -0.4 is 16.0 Å². The molecular weight excluding hydrogens is 278 g/mol. The molecule has 0 unspecified atom stereocenters. The number of morpholine rings is 1. The molecule has 8 nitrogen and oxygen atoms in total. The Hall–Kier alpha value is -2.45. The normalized spacial score (nSPS) is 15.0. The highest BCUT2D eigenvalue weighted by Crippen LogP contribution is 2.13. The Balaban J connectivity index is 1.90. The number of nitrogens with two attached hydrogens (primary N) is 1. The lowest BCUT2D eigenvalue weighted by molar-refractivity contribution is -0.158. The molecule has 1 aromatic carbocycles. The number of carbonyl (C=O) groups excluding carboxylic acids is 3. The molecule has 2 rings (SSSR count). The predicted octanol–water partition coefficient (Wildman–Crippen LogP) is -0.946. The van der Waals surface area contributed by atoms with Crippen molar-refractivity contribution in [3.63, 3.8) is 0 Å². The molecule has 21 heavy (non-hydrogen) atoms. The standard InChI is InChI=1S/C13H15N3O5/c14-15-13(19)9-2-1-3-10(6-9)21-5-4-16-11(17)7-20-8-12(16)18/h1-3,6H,4-5,7-8,14H2,(H,15,19). The third-order valence-electron chi connectivity index (χ3n) is 2.86. The van der Waals surface area contributed by atoms with Crippen molar-refractivity contribution in [1.82, 2.24) is 10.3 Å². The fourth-order valence-corrected chi connectivity index (χ4v) is 1.84. The summed E-state index contributed by atoms with van der Waals surface area (Å²) in [6.07, 6.45) is 0. The zero-order chi connectivity index (χ0) is 15.2. The lowest BCUT2D eigenvalue weighted by Crippen LogP contribution is -2.47. The molecule has 0 bridgehead atoms. The number of amides is 3. The maximum Gasteiger partial charge on any atom is 0.265 e. The number of hydrogen-bond donors (Lipinski definition) is 2. The van der Waals surface area contributed by atoms with Gasteiger partial charge < -0.3 is 9.47 Å². The second kappa shape index (κ2) is 6.82. The number of rotatable bonds is 5. The Morgan fingerprint density at radius 2 is 2.05 bits per heavy atom. The van der Waals surface area contributed by atoms with Crippen molar-refractivity contribution >= 4 is 17.7 Å². The van der Waals surface area contributed by atoms with Gasteiger partial charge in [-0.15, -0.1) is 0 Å². The number of hydrogen-bond acceptors (Lipinski definition) is 6. The molecule has 1 aliphatic rings. The minimum Gasteiger partial charge on any atom is -0.492 e. The van der Waals surface area contributed by atoms with Crippen LogP contribution in [0.5, 0.6) is 5.75 Å². The molecule has 8 heteroatoms. The van der Waals surface area contributed by atoms with Crippen LogP contribution in [0.25, 0.3) is 0 Å². The fourth-order valence-electron chi connectivity index (χ4n) is 1.84. The van der Waals surface area contributed by atoms with Crippen LogP contribution >= 0.6 is 0 Å². The van der Waals surface area contributed by atoms with Gasteiger partial charge in [-0.25, -0.2) is 5.84 Å². The summed E-state index contributed by atoms with van der Waals surface area (Å²) in [6, 6.07) is 6.41. The molecule has 1 heterocycles. The van der Waals surface area contributed by atoms with Gasteiger partial charge in [0, 0.05) is 5.56 Å². The Bertz CT molecular complexity index is 544. The van der Waals surface area contributed by atoms with Crippen LogP contribution in [0, 0.1) is 0 Å². The molecule has 3 amide bonds. The van der Waals surface area contributed by atoms with E-state index < -0.39 is 5.91 Å². The summed E-state index contributed by atoms with van der Waals surface area (Å²) in [7, 11) is 0. The van der Waals surface area contributed by atoms with Gasteiger partial charge in [0.2, 0.25) is 0 Å². The van der Waals surface area contributed by atoms with E-state index in [0.29, 0.717) is 11.3 Å². The number of benzene rings is 1. The van der Waals surface area contributed by atoms with E-state index in [1.54, 1.807) is 18.2 Å². The largest absolute Gasteiger partial charge is 0.492 e. The molecule has 1 aliphatic heterocycles. The summed E-state index contributed by atoms with van der Waals surface area (Å²) in [4.78, 5) is 35.4. The van der Waals surface area contributed by atoms with Gasteiger partial charge in [0.05, 0.1) is 6.54 Å². The molecule has 0 atom stereocenters. The third kappa shape index (κ3) is 3.77. The summed E-state index contributed by atoms with van der Waals surface area (Å²) < 4.78 is 10.2. The van der Waals surface area contributed by atoms with Crippen molar-refractivity contribution in [2.75, 3.05) is 26.4 Å². The highest BCUT2D eigenvalue weighted by atomic mass is 16.5. The maximum absolute atomic E-state index is 11.5. The van der Waals surface area contributed by atoms with Crippen molar-refractivity contribution in [2.24, 2.45) is 5.84 Å². The first-order valence-corrected chi connectivity index (χ1v) is 6.26. The fraction of sp³-hybridized carbons (Fsp3) is 0.308. The number of ether oxygens (including phenoxy) is 2. The van der Waals surface area contributed by atoms with Crippen LogP contribution in [0.1, 0.15) is 10.4 Å². The van der Waals surface area contributed by atoms with Crippen molar-refractivity contribution in [3.8, 4) is 5.75 Å².